The highest BCUT2D eigenvalue weighted by molar-refractivity contribution is 7.22. The Hall–Kier alpha value is -2.95. The number of anilines is 1. The molecule has 3 aromatic rings. The van der Waals surface area contributed by atoms with Crippen LogP contribution in [0.5, 0.6) is 5.75 Å². The van der Waals surface area contributed by atoms with Crippen LogP contribution in [-0.2, 0) is 0 Å². The third-order valence-electron chi connectivity index (χ3n) is 4.38. The number of benzene rings is 2. The fourth-order valence-corrected chi connectivity index (χ4v) is 3.96. The van der Waals surface area contributed by atoms with E-state index in [0.29, 0.717) is 29.4 Å². The zero-order valence-corrected chi connectivity index (χ0v) is 17.7. The van der Waals surface area contributed by atoms with Crippen LogP contribution in [0.3, 0.4) is 0 Å². The molecule has 1 aromatic heterocycles. The molecule has 3 rings (SSSR count). The summed E-state index contributed by atoms with van der Waals surface area (Å²) in [5, 5.41) is 9.66. The van der Waals surface area contributed by atoms with E-state index in [-0.39, 0.29) is 5.91 Å². The number of amides is 1. The first-order valence-electron chi connectivity index (χ1n) is 9.52. The van der Waals surface area contributed by atoms with Crippen LogP contribution in [0, 0.1) is 11.3 Å². The third kappa shape index (κ3) is 5.11. The minimum Gasteiger partial charge on any atom is -0.494 e. The van der Waals surface area contributed by atoms with Gasteiger partial charge in [-0.15, -0.1) is 0 Å². The molecule has 0 fully saturated rings. The van der Waals surface area contributed by atoms with E-state index in [1.165, 1.54) is 11.3 Å². The molecule has 0 saturated heterocycles. The third-order valence-corrected chi connectivity index (χ3v) is 5.42. The van der Waals surface area contributed by atoms with Crippen LogP contribution < -0.4 is 9.64 Å². The Morgan fingerprint density at radius 2 is 1.93 bits per heavy atom. The molecule has 0 aliphatic rings. The van der Waals surface area contributed by atoms with E-state index in [2.05, 4.69) is 11.0 Å². The quantitative estimate of drug-likeness (QED) is 0.560. The van der Waals surface area contributed by atoms with Crippen LogP contribution in [0.4, 0.5) is 5.13 Å². The van der Waals surface area contributed by atoms with Gasteiger partial charge < -0.3 is 9.64 Å². The van der Waals surface area contributed by atoms with Gasteiger partial charge >= 0.3 is 0 Å². The van der Waals surface area contributed by atoms with Gasteiger partial charge in [-0.05, 0) is 76.4 Å². The molecule has 0 saturated carbocycles. The summed E-state index contributed by atoms with van der Waals surface area (Å²) in [6.45, 7) is 3.99. The van der Waals surface area contributed by atoms with Gasteiger partial charge in [-0.3, -0.25) is 9.69 Å². The molecular formula is C22H24N4O2S. The van der Waals surface area contributed by atoms with Gasteiger partial charge in [0.05, 0.1) is 28.5 Å². The predicted octanol–water partition coefficient (Wildman–Crippen LogP) is 4.17. The maximum Gasteiger partial charge on any atom is 0.260 e. The van der Waals surface area contributed by atoms with E-state index in [4.69, 9.17) is 15.0 Å². The summed E-state index contributed by atoms with van der Waals surface area (Å²) in [5.41, 5.74) is 1.92. The van der Waals surface area contributed by atoms with Crippen molar-refractivity contribution in [1.29, 1.82) is 5.26 Å². The van der Waals surface area contributed by atoms with Gasteiger partial charge in [0.2, 0.25) is 0 Å². The van der Waals surface area contributed by atoms with Crippen molar-refractivity contribution in [3.05, 3.63) is 53.6 Å². The summed E-state index contributed by atoms with van der Waals surface area (Å²) in [6, 6.07) is 14.6. The van der Waals surface area contributed by atoms with E-state index in [1.54, 1.807) is 29.2 Å². The van der Waals surface area contributed by atoms with E-state index >= 15 is 0 Å². The first kappa shape index (κ1) is 20.8. The van der Waals surface area contributed by atoms with Crippen molar-refractivity contribution in [1.82, 2.24) is 9.88 Å². The number of rotatable bonds is 8. The van der Waals surface area contributed by atoms with Crippen LogP contribution in [0.25, 0.3) is 10.2 Å². The second-order valence-electron chi connectivity index (χ2n) is 6.86. The second-order valence-corrected chi connectivity index (χ2v) is 7.87. The number of carbonyl (C=O) groups is 1. The minimum atomic E-state index is -0.114. The Labute approximate surface area is 175 Å². The summed E-state index contributed by atoms with van der Waals surface area (Å²) in [4.78, 5) is 21.8. The molecule has 0 spiro atoms. The lowest BCUT2D eigenvalue weighted by molar-refractivity contribution is 0.0986. The first-order chi connectivity index (χ1) is 14.0. The summed E-state index contributed by atoms with van der Waals surface area (Å²) < 4.78 is 6.56. The minimum absolute atomic E-state index is 0.114. The zero-order valence-electron chi connectivity index (χ0n) is 16.9. The van der Waals surface area contributed by atoms with Crippen molar-refractivity contribution in [2.75, 3.05) is 38.7 Å². The summed E-state index contributed by atoms with van der Waals surface area (Å²) in [7, 11) is 4.03. The molecule has 0 radical (unpaired) electrons. The molecule has 1 heterocycles. The Kier molecular flexibility index (Phi) is 6.81. The Morgan fingerprint density at radius 1 is 1.17 bits per heavy atom. The van der Waals surface area contributed by atoms with Gasteiger partial charge in [0.1, 0.15) is 5.75 Å². The number of thiazole rings is 1. The van der Waals surface area contributed by atoms with Gasteiger partial charge in [0.15, 0.2) is 5.13 Å². The highest BCUT2D eigenvalue weighted by Crippen LogP contribution is 2.32. The fourth-order valence-electron chi connectivity index (χ4n) is 2.94. The molecule has 0 unspecified atom stereocenters. The molecule has 150 valence electrons. The molecule has 6 nitrogen and oxygen atoms in total. The van der Waals surface area contributed by atoms with Crippen molar-refractivity contribution < 1.29 is 9.53 Å². The lowest BCUT2D eigenvalue weighted by Crippen LogP contribution is -2.33. The molecule has 0 N–H and O–H groups in total. The summed E-state index contributed by atoms with van der Waals surface area (Å²) in [6.07, 6.45) is 0.829. The number of aromatic nitrogens is 1. The van der Waals surface area contributed by atoms with Crippen LogP contribution >= 0.6 is 11.3 Å². The van der Waals surface area contributed by atoms with Crippen molar-refractivity contribution in [2.24, 2.45) is 0 Å². The average molecular weight is 409 g/mol. The number of hydrogen-bond donors (Lipinski definition) is 0. The van der Waals surface area contributed by atoms with E-state index in [9.17, 15) is 4.79 Å². The van der Waals surface area contributed by atoms with Gasteiger partial charge in [0.25, 0.3) is 5.91 Å². The molecular weight excluding hydrogens is 384 g/mol. The standard InChI is InChI=1S/C22H24N4O2S/c1-4-28-18-10-11-19-20(14-18)29-22(24-19)26(13-5-12-25(2)3)21(27)17-8-6-16(15-23)7-9-17/h6-11,14H,4-5,12-13H2,1-3H3. The average Bonchev–Trinajstić information content (AvgIpc) is 3.14. The van der Waals surface area contributed by atoms with Crippen LogP contribution in [0.2, 0.25) is 0 Å². The van der Waals surface area contributed by atoms with Gasteiger partial charge in [-0.1, -0.05) is 11.3 Å². The predicted molar refractivity (Wildman–Crippen MR) is 117 cm³/mol. The fraction of sp³-hybridized carbons (Fsp3) is 0.318. The number of hydrogen-bond acceptors (Lipinski definition) is 6. The molecule has 29 heavy (non-hydrogen) atoms. The van der Waals surface area contributed by atoms with Gasteiger partial charge in [0, 0.05) is 12.1 Å². The molecule has 2 aromatic carbocycles. The monoisotopic (exact) mass is 408 g/mol. The number of fused-ring (bicyclic) bond motifs is 1. The van der Waals surface area contributed by atoms with Crippen LogP contribution in [-0.4, -0.2) is 49.6 Å². The Bertz CT molecular complexity index is 1020. The van der Waals surface area contributed by atoms with E-state index in [1.807, 2.05) is 39.2 Å². The summed E-state index contributed by atoms with van der Waals surface area (Å²) >= 11 is 1.48. The van der Waals surface area contributed by atoms with Crippen LogP contribution in [0.1, 0.15) is 29.3 Å². The van der Waals surface area contributed by atoms with E-state index < -0.39 is 0 Å². The van der Waals surface area contributed by atoms with Crippen molar-refractivity contribution in [3.63, 3.8) is 0 Å². The Balaban J connectivity index is 1.92. The number of carbonyl (C=O) groups excluding carboxylic acids is 1. The molecule has 0 aliphatic heterocycles. The zero-order chi connectivity index (χ0) is 20.8. The number of nitrogens with zero attached hydrogens (tertiary/aromatic N) is 4. The van der Waals surface area contributed by atoms with Gasteiger partial charge in [-0.25, -0.2) is 4.98 Å². The highest BCUT2D eigenvalue weighted by atomic mass is 32.1. The molecule has 0 aliphatic carbocycles. The van der Waals surface area contributed by atoms with Crippen LogP contribution in [0.15, 0.2) is 42.5 Å². The Morgan fingerprint density at radius 3 is 2.59 bits per heavy atom. The maximum absolute atomic E-state index is 13.2. The molecule has 1 amide bonds. The van der Waals surface area contributed by atoms with Crippen molar-refractivity contribution in [2.45, 2.75) is 13.3 Å². The topological polar surface area (TPSA) is 69.5 Å². The van der Waals surface area contributed by atoms with Crippen molar-refractivity contribution >= 4 is 32.6 Å². The lowest BCUT2D eigenvalue weighted by Gasteiger charge is -2.21. The normalized spacial score (nSPS) is 10.9. The number of ether oxygens (including phenoxy) is 1. The molecule has 0 bridgehead atoms. The first-order valence-corrected chi connectivity index (χ1v) is 10.3. The molecule has 7 heteroatoms. The summed E-state index contributed by atoms with van der Waals surface area (Å²) in [5.74, 6) is 0.685. The maximum atomic E-state index is 13.2. The van der Waals surface area contributed by atoms with E-state index in [0.717, 1.165) is 28.9 Å². The van der Waals surface area contributed by atoms with Gasteiger partial charge in [-0.2, -0.15) is 5.26 Å². The number of nitriles is 1. The molecule has 0 atom stereocenters. The van der Waals surface area contributed by atoms with Crippen molar-refractivity contribution in [3.8, 4) is 11.8 Å². The SMILES string of the molecule is CCOc1ccc2nc(N(CCCN(C)C)C(=O)c3ccc(C#N)cc3)sc2c1. The lowest BCUT2D eigenvalue weighted by atomic mass is 10.1. The smallest absolute Gasteiger partial charge is 0.260 e. The second kappa shape index (κ2) is 9.50. The highest BCUT2D eigenvalue weighted by Gasteiger charge is 2.21. The largest absolute Gasteiger partial charge is 0.494 e.